The first-order valence-electron chi connectivity index (χ1n) is 10.4. The van der Waals surface area contributed by atoms with Crippen LogP contribution in [0.2, 0.25) is 0 Å². The van der Waals surface area contributed by atoms with Crippen molar-refractivity contribution >= 4 is 6.03 Å². The lowest BCUT2D eigenvalue weighted by Gasteiger charge is -2.31. The predicted octanol–water partition coefficient (Wildman–Crippen LogP) is 5.57. The van der Waals surface area contributed by atoms with Crippen LogP contribution >= 0.6 is 0 Å². The molecule has 1 aromatic heterocycles. The molecule has 0 spiro atoms. The Hall–Kier alpha value is -3.93. The van der Waals surface area contributed by atoms with E-state index in [1.165, 1.54) is 12.1 Å². The highest BCUT2D eigenvalue weighted by Gasteiger charge is 2.33. The van der Waals surface area contributed by atoms with E-state index in [1.54, 1.807) is 4.90 Å². The molecule has 0 saturated heterocycles. The van der Waals surface area contributed by atoms with Gasteiger partial charge in [-0.15, -0.1) is 0 Å². The summed E-state index contributed by atoms with van der Waals surface area (Å²) in [5.74, 6) is -1.35. The van der Waals surface area contributed by atoms with E-state index in [9.17, 15) is 13.6 Å². The van der Waals surface area contributed by atoms with Gasteiger partial charge in [0.25, 0.3) is 0 Å². The Morgan fingerprint density at radius 2 is 1.62 bits per heavy atom. The van der Waals surface area contributed by atoms with Gasteiger partial charge in [0.2, 0.25) is 0 Å². The minimum atomic E-state index is -0.676. The van der Waals surface area contributed by atoms with Crippen LogP contribution in [0.1, 0.15) is 28.4 Å². The number of halogens is 2. The highest BCUT2D eigenvalue weighted by atomic mass is 19.1. The SMILES string of the molecule is O=C(NCc1ccccc1)N1Cc2ccccc2-n2cccc2[C@@H]1c1cc(F)cc(F)c1. The molecule has 0 bridgehead atoms. The van der Waals surface area contributed by atoms with Gasteiger partial charge in [0.05, 0.1) is 18.3 Å². The molecule has 160 valence electrons. The molecule has 3 aromatic carbocycles. The lowest BCUT2D eigenvalue weighted by atomic mass is 10.0. The Balaban J connectivity index is 1.59. The van der Waals surface area contributed by atoms with Gasteiger partial charge >= 0.3 is 6.03 Å². The minimum absolute atomic E-state index is 0.293. The molecule has 1 aliphatic heterocycles. The Bertz CT molecular complexity index is 1250. The van der Waals surface area contributed by atoms with E-state index >= 15 is 0 Å². The van der Waals surface area contributed by atoms with Gasteiger partial charge in [-0.1, -0.05) is 48.5 Å². The third kappa shape index (κ3) is 3.75. The molecule has 0 aliphatic carbocycles. The van der Waals surface area contributed by atoms with E-state index in [0.29, 0.717) is 18.7 Å². The molecule has 6 heteroatoms. The number of benzene rings is 3. The van der Waals surface area contributed by atoms with Gasteiger partial charge in [-0.05, 0) is 47.0 Å². The van der Waals surface area contributed by atoms with Gasteiger partial charge in [0, 0.05) is 24.5 Å². The van der Waals surface area contributed by atoms with E-state index in [2.05, 4.69) is 5.32 Å². The number of hydrogen-bond donors (Lipinski definition) is 1. The summed E-state index contributed by atoms with van der Waals surface area (Å²) in [4.78, 5) is 15.1. The lowest BCUT2D eigenvalue weighted by Crippen LogP contribution is -2.41. The molecule has 5 rings (SSSR count). The van der Waals surface area contributed by atoms with Crippen molar-refractivity contribution in [1.29, 1.82) is 0 Å². The topological polar surface area (TPSA) is 37.3 Å². The molecular formula is C26H21F2N3O. The Morgan fingerprint density at radius 3 is 2.41 bits per heavy atom. The van der Waals surface area contributed by atoms with Crippen molar-refractivity contribution in [3.05, 3.63) is 125 Å². The summed E-state index contributed by atoms with van der Waals surface area (Å²) in [6.07, 6.45) is 1.90. The highest BCUT2D eigenvalue weighted by Crippen LogP contribution is 2.37. The fourth-order valence-electron chi connectivity index (χ4n) is 4.30. The van der Waals surface area contributed by atoms with Gasteiger partial charge in [0.15, 0.2) is 0 Å². The fraction of sp³-hybridized carbons (Fsp3) is 0.115. The predicted molar refractivity (Wildman–Crippen MR) is 118 cm³/mol. The third-order valence-electron chi connectivity index (χ3n) is 5.71. The van der Waals surface area contributed by atoms with Crippen molar-refractivity contribution in [2.24, 2.45) is 0 Å². The van der Waals surface area contributed by atoms with Crippen LogP contribution in [0, 0.1) is 11.6 Å². The molecule has 2 amide bonds. The molecule has 1 aliphatic rings. The first-order chi connectivity index (χ1) is 15.6. The molecule has 4 nitrogen and oxygen atoms in total. The summed E-state index contributed by atoms with van der Waals surface area (Å²) in [7, 11) is 0. The van der Waals surface area contributed by atoms with E-state index in [0.717, 1.165) is 28.6 Å². The summed E-state index contributed by atoms with van der Waals surface area (Å²) in [5.41, 5.74) is 3.99. The molecule has 0 radical (unpaired) electrons. The number of carbonyl (C=O) groups excluding carboxylic acids is 1. The second-order valence-corrected chi connectivity index (χ2v) is 7.81. The van der Waals surface area contributed by atoms with E-state index in [4.69, 9.17) is 0 Å². The van der Waals surface area contributed by atoms with Crippen LogP contribution in [-0.4, -0.2) is 15.5 Å². The monoisotopic (exact) mass is 429 g/mol. The molecule has 4 aromatic rings. The third-order valence-corrected chi connectivity index (χ3v) is 5.71. The molecule has 0 fully saturated rings. The maximum atomic E-state index is 14.2. The van der Waals surface area contributed by atoms with Crippen molar-refractivity contribution in [2.75, 3.05) is 0 Å². The van der Waals surface area contributed by atoms with Gasteiger partial charge in [0.1, 0.15) is 11.6 Å². The molecule has 0 saturated carbocycles. The van der Waals surface area contributed by atoms with E-state index in [-0.39, 0.29) is 6.03 Å². The minimum Gasteiger partial charge on any atom is -0.334 e. The summed E-state index contributed by atoms with van der Waals surface area (Å²) in [6, 6.07) is 23.6. The van der Waals surface area contributed by atoms with Gasteiger partial charge < -0.3 is 14.8 Å². The molecular weight excluding hydrogens is 408 g/mol. The number of aromatic nitrogens is 1. The Morgan fingerprint density at radius 1 is 0.906 bits per heavy atom. The maximum absolute atomic E-state index is 14.2. The molecule has 32 heavy (non-hydrogen) atoms. The van der Waals surface area contributed by atoms with Crippen LogP contribution in [0.5, 0.6) is 0 Å². The average Bonchev–Trinajstić information content (AvgIpc) is 3.21. The second kappa shape index (κ2) is 8.30. The normalized spacial score (nSPS) is 14.9. The first-order valence-corrected chi connectivity index (χ1v) is 10.4. The van der Waals surface area contributed by atoms with Crippen molar-refractivity contribution in [3.63, 3.8) is 0 Å². The number of para-hydroxylation sites is 1. The van der Waals surface area contributed by atoms with Crippen molar-refractivity contribution in [1.82, 2.24) is 14.8 Å². The lowest BCUT2D eigenvalue weighted by molar-refractivity contribution is 0.180. The summed E-state index contributed by atoms with van der Waals surface area (Å²) in [6.45, 7) is 0.643. The van der Waals surface area contributed by atoms with Gasteiger partial charge in [-0.3, -0.25) is 0 Å². The number of urea groups is 1. The van der Waals surface area contributed by atoms with Crippen LogP contribution in [0.25, 0.3) is 5.69 Å². The number of amides is 2. The first kappa shape index (κ1) is 20.0. The maximum Gasteiger partial charge on any atom is 0.318 e. The number of carbonyl (C=O) groups is 1. The molecule has 0 unspecified atom stereocenters. The van der Waals surface area contributed by atoms with Crippen LogP contribution in [0.4, 0.5) is 13.6 Å². The van der Waals surface area contributed by atoms with Crippen molar-refractivity contribution in [3.8, 4) is 5.69 Å². The van der Waals surface area contributed by atoms with Crippen LogP contribution in [-0.2, 0) is 13.1 Å². The highest BCUT2D eigenvalue weighted by molar-refractivity contribution is 5.76. The van der Waals surface area contributed by atoms with Gasteiger partial charge in [-0.25, -0.2) is 13.6 Å². The summed E-state index contributed by atoms with van der Waals surface area (Å²) in [5, 5.41) is 2.97. The Kier molecular flexibility index (Phi) is 5.19. The van der Waals surface area contributed by atoms with Crippen LogP contribution in [0.15, 0.2) is 91.1 Å². The van der Waals surface area contributed by atoms with Crippen molar-refractivity contribution < 1.29 is 13.6 Å². The van der Waals surface area contributed by atoms with E-state index in [1.807, 2.05) is 77.5 Å². The average molecular weight is 429 g/mol. The smallest absolute Gasteiger partial charge is 0.318 e. The van der Waals surface area contributed by atoms with Crippen LogP contribution < -0.4 is 5.32 Å². The molecule has 1 N–H and O–H groups in total. The van der Waals surface area contributed by atoms with Crippen molar-refractivity contribution in [2.45, 2.75) is 19.1 Å². The second-order valence-electron chi connectivity index (χ2n) is 7.81. The number of hydrogen-bond acceptors (Lipinski definition) is 1. The summed E-state index contributed by atoms with van der Waals surface area (Å²) < 4.78 is 30.3. The quantitative estimate of drug-likeness (QED) is 0.454. The number of nitrogens with one attached hydrogen (secondary N) is 1. The standard InChI is InChI=1S/C26H21F2N3O/c27-21-13-20(14-22(28)15-21)25-24-11-6-12-30(24)23-10-5-4-9-19(23)17-31(25)26(32)29-16-18-7-2-1-3-8-18/h1-15,25H,16-17H2,(H,29,32)/t25-/m0/s1. The molecule has 1 atom stereocenters. The number of rotatable bonds is 3. The largest absolute Gasteiger partial charge is 0.334 e. The fourth-order valence-corrected chi connectivity index (χ4v) is 4.30. The zero-order chi connectivity index (χ0) is 22.1. The summed E-state index contributed by atoms with van der Waals surface area (Å²) >= 11 is 0. The zero-order valence-corrected chi connectivity index (χ0v) is 17.2. The van der Waals surface area contributed by atoms with Gasteiger partial charge in [-0.2, -0.15) is 0 Å². The van der Waals surface area contributed by atoms with E-state index < -0.39 is 17.7 Å². The number of fused-ring (bicyclic) bond motifs is 3. The zero-order valence-electron chi connectivity index (χ0n) is 17.2. The number of nitrogens with zero attached hydrogens (tertiary/aromatic N) is 2. The Labute approximate surface area is 184 Å². The van der Waals surface area contributed by atoms with Crippen LogP contribution in [0.3, 0.4) is 0 Å². The molecule has 2 heterocycles.